The SMILES string of the molecule is C=CC1CCC(c2cc3ccc(CC)cc3c(F)c2F)CC1. The van der Waals surface area contributed by atoms with Crippen molar-refractivity contribution >= 4 is 10.8 Å². The molecule has 0 amide bonds. The van der Waals surface area contributed by atoms with E-state index in [1.54, 1.807) is 6.07 Å². The molecule has 0 saturated heterocycles. The molecule has 1 fully saturated rings. The van der Waals surface area contributed by atoms with E-state index in [2.05, 4.69) is 6.58 Å². The summed E-state index contributed by atoms with van der Waals surface area (Å²) in [4.78, 5) is 0. The highest BCUT2D eigenvalue weighted by atomic mass is 19.2. The molecule has 1 aliphatic rings. The molecule has 0 radical (unpaired) electrons. The number of fused-ring (bicyclic) bond motifs is 1. The summed E-state index contributed by atoms with van der Waals surface area (Å²) in [6.07, 6.45) is 6.66. The normalized spacial score (nSPS) is 22.0. The second-order valence-electron chi connectivity index (χ2n) is 6.35. The smallest absolute Gasteiger partial charge is 0.166 e. The molecule has 2 aromatic rings. The Kier molecular flexibility index (Phi) is 4.28. The van der Waals surface area contributed by atoms with Gasteiger partial charge < -0.3 is 0 Å². The molecule has 0 aromatic heterocycles. The number of aryl methyl sites for hydroxylation is 1. The summed E-state index contributed by atoms with van der Waals surface area (Å²) >= 11 is 0. The number of hydrogen-bond donors (Lipinski definition) is 0. The van der Waals surface area contributed by atoms with Gasteiger partial charge in [-0.2, -0.15) is 0 Å². The summed E-state index contributed by atoms with van der Waals surface area (Å²) < 4.78 is 29.0. The van der Waals surface area contributed by atoms with Crippen LogP contribution in [0.15, 0.2) is 36.9 Å². The van der Waals surface area contributed by atoms with E-state index in [-0.39, 0.29) is 5.92 Å². The first-order chi connectivity index (χ1) is 10.6. The topological polar surface area (TPSA) is 0 Å². The van der Waals surface area contributed by atoms with Gasteiger partial charge in [0.15, 0.2) is 11.6 Å². The van der Waals surface area contributed by atoms with Gasteiger partial charge in [-0.1, -0.05) is 25.1 Å². The van der Waals surface area contributed by atoms with Gasteiger partial charge in [0.2, 0.25) is 0 Å². The van der Waals surface area contributed by atoms with Crippen molar-refractivity contribution in [2.45, 2.75) is 44.9 Å². The van der Waals surface area contributed by atoms with E-state index < -0.39 is 11.6 Å². The van der Waals surface area contributed by atoms with Crippen molar-refractivity contribution in [3.63, 3.8) is 0 Å². The number of hydrogen-bond acceptors (Lipinski definition) is 0. The van der Waals surface area contributed by atoms with Crippen LogP contribution in [0.3, 0.4) is 0 Å². The molecule has 0 nitrogen and oxygen atoms in total. The zero-order valence-electron chi connectivity index (χ0n) is 13.0. The van der Waals surface area contributed by atoms with E-state index in [0.717, 1.165) is 43.1 Å². The van der Waals surface area contributed by atoms with Crippen LogP contribution in [-0.4, -0.2) is 0 Å². The zero-order chi connectivity index (χ0) is 15.7. The number of halogens is 2. The van der Waals surface area contributed by atoms with Crippen LogP contribution in [0.25, 0.3) is 10.8 Å². The molecule has 3 rings (SSSR count). The molecule has 0 heterocycles. The van der Waals surface area contributed by atoms with Crippen molar-refractivity contribution in [3.05, 3.63) is 59.7 Å². The highest BCUT2D eigenvalue weighted by molar-refractivity contribution is 5.84. The summed E-state index contributed by atoms with van der Waals surface area (Å²) in [6.45, 7) is 5.85. The molecule has 0 atom stereocenters. The fourth-order valence-corrected chi connectivity index (χ4v) is 3.58. The minimum Gasteiger partial charge on any atom is -0.203 e. The van der Waals surface area contributed by atoms with Gasteiger partial charge in [-0.05, 0) is 72.6 Å². The standard InChI is InChI=1S/C20H22F2/c1-3-13-5-8-15(9-6-13)18-12-16-10-7-14(4-2)11-17(16)19(21)20(18)22/h3,7,10-13,15H,1,4-6,8-9H2,2H3. The Morgan fingerprint density at radius 3 is 2.45 bits per heavy atom. The summed E-state index contributed by atoms with van der Waals surface area (Å²) in [6, 6.07) is 7.53. The number of benzene rings is 2. The van der Waals surface area contributed by atoms with Crippen LogP contribution in [-0.2, 0) is 6.42 Å². The summed E-state index contributed by atoms with van der Waals surface area (Å²) in [5.41, 5.74) is 1.59. The number of rotatable bonds is 3. The van der Waals surface area contributed by atoms with Crippen LogP contribution in [0.1, 0.15) is 49.7 Å². The van der Waals surface area contributed by atoms with Crippen LogP contribution < -0.4 is 0 Å². The molecule has 2 heteroatoms. The molecular weight excluding hydrogens is 278 g/mol. The quantitative estimate of drug-likeness (QED) is 0.597. The Morgan fingerprint density at radius 1 is 1.09 bits per heavy atom. The van der Waals surface area contributed by atoms with Crippen molar-refractivity contribution in [2.24, 2.45) is 5.92 Å². The van der Waals surface area contributed by atoms with Gasteiger partial charge >= 0.3 is 0 Å². The van der Waals surface area contributed by atoms with Gasteiger partial charge in [-0.15, -0.1) is 6.58 Å². The first kappa shape index (κ1) is 15.2. The number of allylic oxidation sites excluding steroid dienone is 1. The first-order valence-electron chi connectivity index (χ1n) is 8.17. The lowest BCUT2D eigenvalue weighted by atomic mass is 9.78. The van der Waals surface area contributed by atoms with Crippen LogP contribution in [0.2, 0.25) is 0 Å². The van der Waals surface area contributed by atoms with Crippen LogP contribution in [0, 0.1) is 17.6 Å². The van der Waals surface area contributed by atoms with E-state index in [1.807, 2.05) is 31.2 Å². The maximum Gasteiger partial charge on any atom is 0.166 e. The Bertz CT molecular complexity index is 694. The Balaban J connectivity index is 2.00. The lowest BCUT2D eigenvalue weighted by Crippen LogP contribution is -2.13. The molecule has 0 spiro atoms. The summed E-state index contributed by atoms with van der Waals surface area (Å²) in [5.74, 6) is -0.686. The largest absolute Gasteiger partial charge is 0.203 e. The average Bonchev–Trinajstić information content (AvgIpc) is 2.58. The highest BCUT2D eigenvalue weighted by Crippen LogP contribution is 2.39. The Morgan fingerprint density at radius 2 is 1.82 bits per heavy atom. The third-order valence-electron chi connectivity index (χ3n) is 5.06. The fourth-order valence-electron chi connectivity index (χ4n) is 3.58. The van der Waals surface area contributed by atoms with E-state index in [9.17, 15) is 8.78 Å². The first-order valence-corrected chi connectivity index (χ1v) is 8.17. The van der Waals surface area contributed by atoms with Gasteiger partial charge in [0, 0.05) is 5.39 Å². The maximum absolute atomic E-state index is 14.5. The Labute approximate surface area is 130 Å². The van der Waals surface area contributed by atoms with Crippen molar-refractivity contribution in [1.29, 1.82) is 0 Å². The molecule has 1 aliphatic carbocycles. The molecule has 0 N–H and O–H groups in total. The van der Waals surface area contributed by atoms with E-state index in [4.69, 9.17) is 0 Å². The zero-order valence-corrected chi connectivity index (χ0v) is 13.0. The molecular formula is C20H22F2. The molecule has 0 unspecified atom stereocenters. The minimum absolute atomic E-state index is 0.126. The second-order valence-corrected chi connectivity index (χ2v) is 6.35. The van der Waals surface area contributed by atoms with Crippen LogP contribution >= 0.6 is 0 Å². The van der Waals surface area contributed by atoms with E-state index >= 15 is 0 Å². The lowest BCUT2D eigenvalue weighted by molar-refractivity contribution is 0.365. The third-order valence-corrected chi connectivity index (χ3v) is 5.06. The Hall–Kier alpha value is -1.70. The predicted octanol–water partition coefficient (Wildman–Crippen LogP) is 6.14. The van der Waals surface area contributed by atoms with Crippen LogP contribution in [0.5, 0.6) is 0 Å². The fraction of sp³-hybridized carbons (Fsp3) is 0.400. The van der Waals surface area contributed by atoms with Crippen molar-refractivity contribution in [2.75, 3.05) is 0 Å². The average molecular weight is 300 g/mol. The van der Waals surface area contributed by atoms with Crippen LogP contribution in [0.4, 0.5) is 8.78 Å². The molecule has 22 heavy (non-hydrogen) atoms. The minimum atomic E-state index is -0.686. The van der Waals surface area contributed by atoms with Gasteiger partial charge in [0.25, 0.3) is 0 Å². The van der Waals surface area contributed by atoms with Gasteiger partial charge in [0.05, 0.1) is 0 Å². The maximum atomic E-state index is 14.5. The highest BCUT2D eigenvalue weighted by Gasteiger charge is 2.25. The molecule has 0 aliphatic heterocycles. The molecule has 2 aromatic carbocycles. The molecule has 1 saturated carbocycles. The third kappa shape index (κ3) is 2.67. The second kappa shape index (κ2) is 6.20. The molecule has 116 valence electrons. The van der Waals surface area contributed by atoms with E-state index in [1.165, 1.54) is 0 Å². The lowest BCUT2D eigenvalue weighted by Gasteiger charge is -2.27. The van der Waals surface area contributed by atoms with Gasteiger partial charge in [-0.25, -0.2) is 8.78 Å². The van der Waals surface area contributed by atoms with Crippen molar-refractivity contribution < 1.29 is 8.78 Å². The van der Waals surface area contributed by atoms with Crippen molar-refractivity contribution in [3.8, 4) is 0 Å². The van der Waals surface area contributed by atoms with E-state index in [0.29, 0.717) is 16.9 Å². The summed E-state index contributed by atoms with van der Waals surface area (Å²) in [5, 5.41) is 1.21. The monoisotopic (exact) mass is 300 g/mol. The predicted molar refractivity (Wildman–Crippen MR) is 88.1 cm³/mol. The van der Waals surface area contributed by atoms with Gasteiger partial charge in [-0.3, -0.25) is 0 Å². The van der Waals surface area contributed by atoms with Gasteiger partial charge in [0.1, 0.15) is 0 Å². The molecule has 0 bridgehead atoms. The summed E-state index contributed by atoms with van der Waals surface area (Å²) in [7, 11) is 0. The van der Waals surface area contributed by atoms with Crippen molar-refractivity contribution in [1.82, 2.24) is 0 Å².